The van der Waals surface area contributed by atoms with E-state index >= 15 is 0 Å². The van der Waals surface area contributed by atoms with Gasteiger partial charge in [-0.1, -0.05) is 18.2 Å². The van der Waals surface area contributed by atoms with Gasteiger partial charge in [-0.15, -0.1) is 0 Å². The molecule has 4 nitrogen and oxygen atoms in total. The Morgan fingerprint density at radius 3 is 2.58 bits per heavy atom. The lowest BCUT2D eigenvalue weighted by molar-refractivity contribution is -0.114. The van der Waals surface area contributed by atoms with Crippen LogP contribution in [-0.4, -0.2) is 24.5 Å². The summed E-state index contributed by atoms with van der Waals surface area (Å²) < 4.78 is 14.1. The highest BCUT2D eigenvalue weighted by Crippen LogP contribution is 2.24. The van der Waals surface area contributed by atoms with Gasteiger partial charge in [0.1, 0.15) is 11.6 Å². The third-order valence-electron chi connectivity index (χ3n) is 4.23. The first kappa shape index (κ1) is 18.3. The minimum Gasteiger partial charge on any atom is -0.350 e. The van der Waals surface area contributed by atoms with Gasteiger partial charge in [0.25, 0.3) is 0 Å². The van der Waals surface area contributed by atoms with Crippen LogP contribution in [0, 0.1) is 19.7 Å². The summed E-state index contributed by atoms with van der Waals surface area (Å²) >= 11 is 3.17. The highest BCUT2D eigenvalue weighted by atomic mass is 79.9. The summed E-state index contributed by atoms with van der Waals surface area (Å²) in [6.07, 6.45) is 0. The van der Waals surface area contributed by atoms with E-state index in [1.165, 1.54) is 6.07 Å². The Hall–Kier alpha value is -2.47. The number of aryl methyl sites for hydroxylation is 2. The zero-order chi connectivity index (χ0) is 18.8. The second-order valence-corrected chi connectivity index (χ2v) is 7.15. The number of nitrogens with one attached hydrogen (secondary N) is 1. The first-order valence-electron chi connectivity index (χ1n) is 8.18. The van der Waals surface area contributed by atoms with E-state index in [0.29, 0.717) is 15.8 Å². The topological polar surface area (TPSA) is 45.2 Å². The minimum absolute atomic E-state index is 0.131. The van der Waals surface area contributed by atoms with E-state index < -0.39 is 0 Å². The normalized spacial score (nSPS) is 10.8. The van der Waals surface area contributed by atoms with Crippen LogP contribution in [0.3, 0.4) is 0 Å². The molecular formula is C20H19BrFN3O. The first-order chi connectivity index (χ1) is 12.3. The number of anilines is 2. The molecule has 1 heterocycles. The molecule has 0 radical (unpaired) electrons. The molecule has 3 aromatic rings. The summed E-state index contributed by atoms with van der Waals surface area (Å²) in [5.74, 6) is 0.113. The lowest BCUT2D eigenvalue weighted by Crippen LogP contribution is -2.31. The molecule has 2 aromatic carbocycles. The fourth-order valence-corrected chi connectivity index (χ4v) is 3.17. The van der Waals surface area contributed by atoms with E-state index in [-0.39, 0.29) is 18.3 Å². The van der Waals surface area contributed by atoms with Crippen molar-refractivity contribution in [3.63, 3.8) is 0 Å². The molecule has 1 amide bonds. The zero-order valence-corrected chi connectivity index (χ0v) is 16.4. The maximum atomic E-state index is 13.7. The molecule has 0 aliphatic heterocycles. The minimum atomic E-state index is -0.363. The standard InChI is InChI=1S/C20H19BrFN3O/c1-12-5-4-6-13(2)20(12)24-19(26)11-25(3)18-8-7-14-9-15(21)16(22)10-17(14)23-18/h4-10H,11H2,1-3H3,(H,24,26). The summed E-state index contributed by atoms with van der Waals surface area (Å²) in [6, 6.07) is 12.6. The second-order valence-electron chi connectivity index (χ2n) is 6.30. The van der Waals surface area contributed by atoms with E-state index in [0.717, 1.165) is 22.2 Å². The van der Waals surface area contributed by atoms with Gasteiger partial charge < -0.3 is 10.2 Å². The predicted molar refractivity (Wildman–Crippen MR) is 107 cm³/mol. The number of para-hydroxylation sites is 1. The second kappa shape index (κ2) is 7.41. The number of nitrogens with zero attached hydrogens (tertiary/aromatic N) is 2. The number of carbonyl (C=O) groups excluding carboxylic acids is 1. The van der Waals surface area contributed by atoms with Gasteiger partial charge in [0.15, 0.2) is 0 Å². The van der Waals surface area contributed by atoms with Crippen molar-refractivity contribution in [1.82, 2.24) is 4.98 Å². The van der Waals surface area contributed by atoms with Crippen molar-refractivity contribution in [3.05, 3.63) is 63.9 Å². The molecule has 3 rings (SSSR count). The van der Waals surface area contributed by atoms with Crippen molar-refractivity contribution in [3.8, 4) is 0 Å². The number of carbonyl (C=O) groups is 1. The number of hydrogen-bond donors (Lipinski definition) is 1. The molecule has 134 valence electrons. The lowest BCUT2D eigenvalue weighted by atomic mass is 10.1. The van der Waals surface area contributed by atoms with Crippen molar-refractivity contribution in [1.29, 1.82) is 0 Å². The Kier molecular flexibility index (Phi) is 5.23. The van der Waals surface area contributed by atoms with Crippen LogP contribution in [0.4, 0.5) is 15.9 Å². The molecule has 0 saturated carbocycles. The Bertz CT molecular complexity index is 970. The smallest absolute Gasteiger partial charge is 0.243 e. The molecule has 0 aliphatic rings. The van der Waals surface area contributed by atoms with Crippen LogP contribution in [0.5, 0.6) is 0 Å². The number of aromatic nitrogens is 1. The molecule has 0 fully saturated rings. The Balaban J connectivity index is 1.77. The van der Waals surface area contributed by atoms with Gasteiger partial charge in [0.05, 0.1) is 16.5 Å². The van der Waals surface area contributed by atoms with Gasteiger partial charge in [-0.2, -0.15) is 0 Å². The van der Waals surface area contributed by atoms with E-state index in [1.54, 1.807) is 18.0 Å². The summed E-state index contributed by atoms with van der Waals surface area (Å²) in [7, 11) is 1.79. The predicted octanol–water partition coefficient (Wildman–Crippen LogP) is 4.83. The average molecular weight is 416 g/mol. The molecule has 0 saturated heterocycles. The van der Waals surface area contributed by atoms with Crippen LogP contribution < -0.4 is 10.2 Å². The van der Waals surface area contributed by atoms with E-state index in [2.05, 4.69) is 26.2 Å². The number of halogens is 2. The number of amides is 1. The van der Waals surface area contributed by atoms with E-state index in [4.69, 9.17) is 0 Å². The van der Waals surface area contributed by atoms with Crippen LogP contribution in [-0.2, 0) is 4.79 Å². The van der Waals surface area contributed by atoms with Crippen LogP contribution in [0.25, 0.3) is 10.9 Å². The number of fused-ring (bicyclic) bond motifs is 1. The highest BCUT2D eigenvalue weighted by Gasteiger charge is 2.12. The third-order valence-corrected chi connectivity index (χ3v) is 4.84. The molecular weight excluding hydrogens is 397 g/mol. The summed E-state index contributed by atoms with van der Waals surface area (Å²) in [5.41, 5.74) is 3.42. The number of likely N-dealkylation sites (N-methyl/N-ethyl adjacent to an activating group) is 1. The fraction of sp³-hybridized carbons (Fsp3) is 0.200. The summed E-state index contributed by atoms with van der Waals surface area (Å²) in [5, 5.41) is 3.79. The summed E-state index contributed by atoms with van der Waals surface area (Å²) in [6.45, 7) is 4.07. The fourth-order valence-electron chi connectivity index (χ4n) is 2.81. The van der Waals surface area contributed by atoms with E-state index in [9.17, 15) is 9.18 Å². The largest absolute Gasteiger partial charge is 0.350 e. The molecule has 6 heteroatoms. The lowest BCUT2D eigenvalue weighted by Gasteiger charge is -2.19. The van der Waals surface area contributed by atoms with Gasteiger partial charge in [0, 0.05) is 24.2 Å². The highest BCUT2D eigenvalue weighted by molar-refractivity contribution is 9.10. The third kappa shape index (κ3) is 3.85. The first-order valence-corrected chi connectivity index (χ1v) is 8.97. The Morgan fingerprint density at radius 2 is 1.88 bits per heavy atom. The Morgan fingerprint density at radius 1 is 1.19 bits per heavy atom. The van der Waals surface area contributed by atoms with Gasteiger partial charge in [-0.3, -0.25) is 4.79 Å². The molecule has 1 N–H and O–H groups in total. The number of hydrogen-bond acceptors (Lipinski definition) is 3. The van der Waals surface area contributed by atoms with Crippen LogP contribution in [0.15, 0.2) is 46.9 Å². The average Bonchev–Trinajstić information content (AvgIpc) is 2.59. The van der Waals surface area contributed by atoms with Crippen LogP contribution in [0.1, 0.15) is 11.1 Å². The van der Waals surface area contributed by atoms with Crippen molar-refractivity contribution in [2.45, 2.75) is 13.8 Å². The van der Waals surface area contributed by atoms with Crippen LogP contribution >= 0.6 is 15.9 Å². The monoisotopic (exact) mass is 415 g/mol. The molecule has 26 heavy (non-hydrogen) atoms. The van der Waals surface area contributed by atoms with Crippen molar-refractivity contribution in [2.24, 2.45) is 0 Å². The van der Waals surface area contributed by atoms with Crippen molar-refractivity contribution >= 4 is 44.2 Å². The summed E-state index contributed by atoms with van der Waals surface area (Å²) in [4.78, 5) is 18.6. The van der Waals surface area contributed by atoms with Crippen LogP contribution in [0.2, 0.25) is 0 Å². The van der Waals surface area contributed by atoms with Crippen molar-refractivity contribution in [2.75, 3.05) is 23.8 Å². The number of rotatable bonds is 4. The Labute approximate surface area is 160 Å². The SMILES string of the molecule is Cc1cccc(C)c1NC(=O)CN(C)c1ccc2cc(Br)c(F)cc2n1. The van der Waals surface area contributed by atoms with E-state index in [1.807, 2.05) is 44.2 Å². The quantitative estimate of drug-likeness (QED) is 0.663. The molecule has 0 atom stereocenters. The molecule has 0 aliphatic carbocycles. The van der Waals surface area contributed by atoms with Gasteiger partial charge >= 0.3 is 0 Å². The number of benzene rings is 2. The van der Waals surface area contributed by atoms with Gasteiger partial charge in [-0.05, 0) is 59.1 Å². The van der Waals surface area contributed by atoms with Crippen molar-refractivity contribution < 1.29 is 9.18 Å². The maximum absolute atomic E-state index is 13.7. The molecule has 0 spiro atoms. The van der Waals surface area contributed by atoms with Gasteiger partial charge in [0.2, 0.25) is 5.91 Å². The van der Waals surface area contributed by atoms with Gasteiger partial charge in [-0.25, -0.2) is 9.37 Å². The number of pyridine rings is 1. The molecule has 0 unspecified atom stereocenters. The molecule has 1 aromatic heterocycles. The zero-order valence-electron chi connectivity index (χ0n) is 14.8. The molecule has 0 bridgehead atoms. The maximum Gasteiger partial charge on any atom is 0.243 e.